The number of unbranched alkanes of at least 4 members (excludes halogenated alkanes) is 1. The first-order valence-corrected chi connectivity index (χ1v) is 9.45. The highest BCUT2D eigenvalue weighted by Crippen LogP contribution is 2.16. The van der Waals surface area contributed by atoms with Crippen LogP contribution >= 0.6 is 0 Å². The molecule has 1 rings (SSSR count). The van der Waals surface area contributed by atoms with E-state index < -0.39 is 10.0 Å². The van der Waals surface area contributed by atoms with Crippen molar-refractivity contribution in [2.75, 3.05) is 19.6 Å². The molecule has 5 nitrogen and oxygen atoms in total. The SMILES string of the molecule is CCCCNC(=O)C=Cc1ccc(S(=O)(=O)N(CC)CC)cc1. The predicted octanol–water partition coefficient (Wildman–Crippen LogP) is 2.65. The van der Waals surface area contributed by atoms with Gasteiger partial charge in [0.15, 0.2) is 0 Å². The number of hydrogen-bond acceptors (Lipinski definition) is 3. The molecule has 1 amide bonds. The second-order valence-corrected chi connectivity index (χ2v) is 7.07. The summed E-state index contributed by atoms with van der Waals surface area (Å²) in [4.78, 5) is 11.9. The lowest BCUT2D eigenvalue weighted by Gasteiger charge is -2.18. The van der Waals surface area contributed by atoms with Crippen molar-refractivity contribution in [1.82, 2.24) is 9.62 Å². The molecule has 0 aliphatic heterocycles. The predicted molar refractivity (Wildman–Crippen MR) is 93.5 cm³/mol. The van der Waals surface area contributed by atoms with Crippen LogP contribution in [0, 0.1) is 0 Å². The van der Waals surface area contributed by atoms with E-state index in [2.05, 4.69) is 12.2 Å². The molecule has 128 valence electrons. The van der Waals surface area contributed by atoms with Gasteiger partial charge >= 0.3 is 0 Å². The van der Waals surface area contributed by atoms with Gasteiger partial charge in [0.05, 0.1) is 4.90 Å². The van der Waals surface area contributed by atoms with Crippen molar-refractivity contribution >= 4 is 22.0 Å². The van der Waals surface area contributed by atoms with Gasteiger partial charge in [0.2, 0.25) is 15.9 Å². The van der Waals surface area contributed by atoms with Gasteiger partial charge < -0.3 is 5.32 Å². The van der Waals surface area contributed by atoms with E-state index in [1.165, 1.54) is 10.4 Å². The Balaban J connectivity index is 2.75. The first kappa shape index (κ1) is 19.4. The molecular formula is C17H26N2O3S. The van der Waals surface area contributed by atoms with Gasteiger partial charge in [0.1, 0.15) is 0 Å². The van der Waals surface area contributed by atoms with Gasteiger partial charge in [-0.1, -0.05) is 39.3 Å². The number of nitrogens with one attached hydrogen (secondary N) is 1. The smallest absolute Gasteiger partial charge is 0.243 e. The Morgan fingerprint density at radius 3 is 2.26 bits per heavy atom. The minimum atomic E-state index is -3.43. The summed E-state index contributed by atoms with van der Waals surface area (Å²) in [7, 11) is -3.43. The Labute approximate surface area is 139 Å². The second-order valence-electron chi connectivity index (χ2n) is 5.14. The maximum absolute atomic E-state index is 12.4. The first-order chi connectivity index (χ1) is 11.0. The fourth-order valence-electron chi connectivity index (χ4n) is 2.08. The maximum Gasteiger partial charge on any atom is 0.243 e. The first-order valence-electron chi connectivity index (χ1n) is 8.01. The van der Waals surface area contributed by atoms with Crippen LogP contribution in [-0.2, 0) is 14.8 Å². The molecule has 23 heavy (non-hydrogen) atoms. The van der Waals surface area contributed by atoms with Gasteiger partial charge in [0, 0.05) is 25.7 Å². The number of sulfonamides is 1. The van der Waals surface area contributed by atoms with Gasteiger partial charge in [-0.2, -0.15) is 4.31 Å². The average Bonchev–Trinajstić information content (AvgIpc) is 2.54. The lowest BCUT2D eigenvalue weighted by atomic mass is 10.2. The zero-order chi connectivity index (χ0) is 17.3. The standard InChI is InChI=1S/C17H26N2O3S/c1-4-7-14-18-17(20)13-10-15-8-11-16(12-9-15)23(21,22)19(5-2)6-3/h8-13H,4-7,14H2,1-3H3,(H,18,20). The van der Waals surface area contributed by atoms with Crippen LogP contribution < -0.4 is 5.32 Å². The molecule has 0 bridgehead atoms. The van der Waals surface area contributed by atoms with Crippen LogP contribution in [0.25, 0.3) is 6.08 Å². The molecule has 0 saturated heterocycles. The Kier molecular flexibility index (Phi) is 7.98. The fourth-order valence-corrected chi connectivity index (χ4v) is 3.54. The summed E-state index contributed by atoms with van der Waals surface area (Å²) in [6.45, 7) is 7.25. The van der Waals surface area contributed by atoms with Crippen molar-refractivity contribution in [2.45, 2.75) is 38.5 Å². The Bertz CT molecular complexity index is 618. The molecule has 0 aliphatic rings. The Hall–Kier alpha value is -1.66. The molecule has 0 aromatic heterocycles. The van der Waals surface area contributed by atoms with Crippen LogP contribution in [0.15, 0.2) is 35.2 Å². The number of nitrogens with zero attached hydrogens (tertiary/aromatic N) is 1. The molecule has 1 aromatic rings. The van der Waals surface area contributed by atoms with Gasteiger partial charge in [-0.25, -0.2) is 8.42 Å². The van der Waals surface area contributed by atoms with Crippen LogP contribution in [0.1, 0.15) is 39.2 Å². The molecule has 0 fully saturated rings. The number of benzene rings is 1. The van der Waals surface area contributed by atoms with E-state index in [9.17, 15) is 13.2 Å². The third kappa shape index (κ3) is 5.80. The summed E-state index contributed by atoms with van der Waals surface area (Å²) in [5.74, 6) is -0.140. The van der Waals surface area contributed by atoms with Crippen LogP contribution in [-0.4, -0.2) is 38.3 Å². The maximum atomic E-state index is 12.4. The number of hydrogen-bond donors (Lipinski definition) is 1. The molecular weight excluding hydrogens is 312 g/mol. The zero-order valence-electron chi connectivity index (χ0n) is 14.1. The average molecular weight is 338 g/mol. The van der Waals surface area contributed by atoms with E-state index in [1.807, 2.05) is 13.8 Å². The summed E-state index contributed by atoms with van der Waals surface area (Å²) < 4.78 is 26.1. The molecule has 0 aliphatic carbocycles. The number of rotatable bonds is 9. The highest BCUT2D eigenvalue weighted by atomic mass is 32.2. The van der Waals surface area contributed by atoms with Crippen molar-refractivity contribution in [3.63, 3.8) is 0 Å². The summed E-state index contributed by atoms with van der Waals surface area (Å²) in [6, 6.07) is 6.54. The van der Waals surface area contributed by atoms with E-state index in [-0.39, 0.29) is 10.8 Å². The highest BCUT2D eigenvalue weighted by molar-refractivity contribution is 7.89. The normalized spacial score (nSPS) is 12.0. The van der Waals surface area contributed by atoms with Crippen LogP contribution in [0.5, 0.6) is 0 Å². The summed E-state index contributed by atoms with van der Waals surface area (Å²) in [5.41, 5.74) is 0.786. The molecule has 0 saturated carbocycles. The van der Waals surface area contributed by atoms with E-state index in [4.69, 9.17) is 0 Å². The van der Waals surface area contributed by atoms with Crippen LogP contribution in [0.3, 0.4) is 0 Å². The quantitative estimate of drug-likeness (QED) is 0.556. The number of amides is 1. The van der Waals surface area contributed by atoms with Crippen LogP contribution in [0.4, 0.5) is 0 Å². The summed E-state index contributed by atoms with van der Waals surface area (Å²) in [6.07, 6.45) is 5.13. The number of carbonyl (C=O) groups excluding carboxylic acids is 1. The monoisotopic (exact) mass is 338 g/mol. The van der Waals surface area contributed by atoms with Crippen molar-refractivity contribution in [2.24, 2.45) is 0 Å². The highest BCUT2D eigenvalue weighted by Gasteiger charge is 2.20. The third-order valence-corrected chi connectivity index (χ3v) is 5.54. The van der Waals surface area contributed by atoms with E-state index in [0.717, 1.165) is 18.4 Å². The third-order valence-electron chi connectivity index (χ3n) is 3.48. The van der Waals surface area contributed by atoms with E-state index >= 15 is 0 Å². The summed E-state index contributed by atoms with van der Waals surface area (Å²) in [5, 5.41) is 2.79. The van der Waals surface area contributed by atoms with Gasteiger partial charge in [-0.15, -0.1) is 0 Å². The molecule has 6 heteroatoms. The van der Waals surface area contributed by atoms with Crippen molar-refractivity contribution < 1.29 is 13.2 Å². The molecule has 0 spiro atoms. The molecule has 0 radical (unpaired) electrons. The second kappa shape index (κ2) is 9.47. The molecule has 1 aromatic carbocycles. The zero-order valence-corrected chi connectivity index (χ0v) is 14.9. The molecule has 0 heterocycles. The molecule has 1 N–H and O–H groups in total. The Morgan fingerprint density at radius 2 is 1.74 bits per heavy atom. The van der Waals surface area contributed by atoms with Gasteiger partial charge in [0.25, 0.3) is 0 Å². The van der Waals surface area contributed by atoms with Crippen molar-refractivity contribution in [3.8, 4) is 0 Å². The number of carbonyl (C=O) groups is 1. The topological polar surface area (TPSA) is 66.5 Å². The van der Waals surface area contributed by atoms with Gasteiger partial charge in [-0.3, -0.25) is 4.79 Å². The van der Waals surface area contributed by atoms with E-state index in [1.54, 1.807) is 30.3 Å². The molecule has 0 atom stereocenters. The van der Waals surface area contributed by atoms with E-state index in [0.29, 0.717) is 19.6 Å². The lowest BCUT2D eigenvalue weighted by Crippen LogP contribution is -2.30. The lowest BCUT2D eigenvalue weighted by molar-refractivity contribution is -0.116. The van der Waals surface area contributed by atoms with Crippen molar-refractivity contribution in [1.29, 1.82) is 0 Å². The minimum Gasteiger partial charge on any atom is -0.353 e. The Morgan fingerprint density at radius 1 is 1.13 bits per heavy atom. The van der Waals surface area contributed by atoms with Crippen molar-refractivity contribution in [3.05, 3.63) is 35.9 Å². The van der Waals surface area contributed by atoms with Gasteiger partial charge in [-0.05, 0) is 30.2 Å². The largest absolute Gasteiger partial charge is 0.353 e. The summed E-state index contributed by atoms with van der Waals surface area (Å²) >= 11 is 0. The fraction of sp³-hybridized carbons (Fsp3) is 0.471. The minimum absolute atomic E-state index is 0.140. The molecule has 0 unspecified atom stereocenters. The van der Waals surface area contributed by atoms with Crippen LogP contribution in [0.2, 0.25) is 0 Å².